The highest BCUT2D eigenvalue weighted by molar-refractivity contribution is 5.95. The zero-order valence-corrected chi connectivity index (χ0v) is 22.2. The predicted molar refractivity (Wildman–Crippen MR) is 139 cm³/mol. The van der Waals surface area contributed by atoms with Gasteiger partial charge in [-0.05, 0) is 24.6 Å². The number of rotatable bonds is 6. The van der Waals surface area contributed by atoms with E-state index in [0.717, 1.165) is 12.3 Å². The van der Waals surface area contributed by atoms with Crippen LogP contribution >= 0.6 is 0 Å². The number of aromatic nitrogens is 3. The monoisotopic (exact) mass is 569 g/mol. The molecule has 14 heteroatoms. The van der Waals surface area contributed by atoms with Gasteiger partial charge in [0.2, 0.25) is 0 Å². The molecular formula is C27H26F3N7O4. The van der Waals surface area contributed by atoms with Gasteiger partial charge in [0.15, 0.2) is 11.6 Å². The number of halogens is 3. The van der Waals surface area contributed by atoms with E-state index in [2.05, 4.69) is 20.5 Å². The van der Waals surface area contributed by atoms with Gasteiger partial charge in [0.05, 0.1) is 50.3 Å². The van der Waals surface area contributed by atoms with Crippen LogP contribution in [0.5, 0.6) is 5.75 Å². The van der Waals surface area contributed by atoms with Crippen LogP contribution in [0.15, 0.2) is 35.6 Å². The Hall–Kier alpha value is -4.46. The van der Waals surface area contributed by atoms with Gasteiger partial charge in [0.1, 0.15) is 29.1 Å². The maximum atomic E-state index is 14.7. The van der Waals surface area contributed by atoms with Crippen LogP contribution < -0.4 is 10.1 Å². The number of urea groups is 1. The lowest BCUT2D eigenvalue weighted by Gasteiger charge is -2.41. The average Bonchev–Trinajstić information content (AvgIpc) is 3.48. The standard InChI is InChI=1S/C27H26F3N7O4/c1-14-24(34-35(2)25(14)26(38)33-18-12-40-13-18)21-8-23(20(30)9-31-21)41-19-10-36(11-19)27(39)37-22(3-4-32-37)15-5-16(28)7-17(29)6-15/h4-9,18-19,22H,3,10-13H2,1-2H3,(H,33,38)/t22-/m0/s1. The Morgan fingerprint density at radius 3 is 2.51 bits per heavy atom. The number of ether oxygens (including phenoxy) is 2. The summed E-state index contributed by atoms with van der Waals surface area (Å²) in [4.78, 5) is 31.4. The van der Waals surface area contributed by atoms with Gasteiger partial charge in [0.25, 0.3) is 5.91 Å². The lowest BCUT2D eigenvalue weighted by molar-refractivity contribution is -0.00363. The van der Waals surface area contributed by atoms with Crippen molar-refractivity contribution in [3.05, 3.63) is 64.7 Å². The summed E-state index contributed by atoms with van der Waals surface area (Å²) in [6.07, 6.45) is 2.35. The van der Waals surface area contributed by atoms with Gasteiger partial charge in [-0.2, -0.15) is 10.2 Å². The van der Waals surface area contributed by atoms with Crippen LogP contribution in [0.2, 0.25) is 0 Å². The Bertz CT molecular complexity index is 1530. The molecule has 0 saturated carbocycles. The molecule has 1 N–H and O–H groups in total. The first-order valence-corrected chi connectivity index (χ1v) is 13.0. The third kappa shape index (κ3) is 5.10. The molecule has 2 aromatic heterocycles. The molecule has 3 aromatic rings. The van der Waals surface area contributed by atoms with E-state index in [-0.39, 0.29) is 30.8 Å². The lowest BCUT2D eigenvalue weighted by Crippen LogP contribution is -2.58. The minimum absolute atomic E-state index is 0.0504. The second-order valence-corrected chi connectivity index (χ2v) is 10.2. The average molecular weight is 570 g/mol. The lowest BCUT2D eigenvalue weighted by atomic mass is 10.0. The number of benzene rings is 1. The molecule has 0 radical (unpaired) electrons. The normalized spacial score (nSPS) is 18.8. The van der Waals surface area contributed by atoms with Crippen LogP contribution in [-0.4, -0.2) is 81.3 Å². The molecule has 0 spiro atoms. The Balaban J connectivity index is 1.12. The maximum absolute atomic E-state index is 14.7. The number of carbonyl (C=O) groups is 2. The second kappa shape index (κ2) is 10.5. The molecule has 214 valence electrons. The van der Waals surface area contributed by atoms with Gasteiger partial charge in [-0.25, -0.2) is 23.0 Å². The summed E-state index contributed by atoms with van der Waals surface area (Å²) in [6, 6.07) is 3.40. The molecule has 41 heavy (non-hydrogen) atoms. The van der Waals surface area contributed by atoms with Crippen LogP contribution in [0.3, 0.4) is 0 Å². The Morgan fingerprint density at radius 1 is 1.10 bits per heavy atom. The Kier molecular flexibility index (Phi) is 6.85. The first-order chi connectivity index (χ1) is 19.7. The smallest absolute Gasteiger partial charge is 0.341 e. The highest BCUT2D eigenvalue weighted by Gasteiger charge is 2.39. The highest BCUT2D eigenvalue weighted by Crippen LogP contribution is 2.33. The zero-order valence-electron chi connectivity index (χ0n) is 22.2. The predicted octanol–water partition coefficient (Wildman–Crippen LogP) is 2.95. The van der Waals surface area contributed by atoms with E-state index in [1.54, 1.807) is 14.0 Å². The van der Waals surface area contributed by atoms with Crippen LogP contribution in [0, 0.1) is 24.4 Å². The first kappa shape index (κ1) is 26.7. The molecule has 2 saturated heterocycles. The second-order valence-electron chi connectivity index (χ2n) is 10.2. The number of hydrazone groups is 1. The Labute approximate surface area is 232 Å². The van der Waals surface area contributed by atoms with E-state index in [0.29, 0.717) is 47.8 Å². The van der Waals surface area contributed by atoms with Gasteiger partial charge >= 0.3 is 6.03 Å². The van der Waals surface area contributed by atoms with Gasteiger partial charge in [-0.1, -0.05) is 0 Å². The number of pyridine rings is 1. The number of aryl methyl sites for hydroxylation is 1. The van der Waals surface area contributed by atoms with Crippen molar-refractivity contribution in [1.29, 1.82) is 0 Å². The van der Waals surface area contributed by atoms with E-state index < -0.39 is 35.6 Å². The fourth-order valence-electron chi connectivity index (χ4n) is 5.04. The van der Waals surface area contributed by atoms with Crippen molar-refractivity contribution in [2.75, 3.05) is 26.3 Å². The number of carbonyl (C=O) groups excluding carboxylic acids is 2. The van der Waals surface area contributed by atoms with Crippen LogP contribution in [0.4, 0.5) is 18.0 Å². The molecule has 3 amide bonds. The van der Waals surface area contributed by atoms with Crippen molar-refractivity contribution in [2.24, 2.45) is 12.1 Å². The van der Waals surface area contributed by atoms with E-state index in [1.807, 2.05) is 0 Å². The van der Waals surface area contributed by atoms with Crippen molar-refractivity contribution < 1.29 is 32.2 Å². The molecule has 5 heterocycles. The minimum atomic E-state index is -0.736. The third-order valence-corrected chi connectivity index (χ3v) is 7.24. The van der Waals surface area contributed by atoms with Crippen LogP contribution in [-0.2, 0) is 11.8 Å². The van der Waals surface area contributed by atoms with Gasteiger partial charge in [-0.15, -0.1) is 0 Å². The van der Waals surface area contributed by atoms with Crippen LogP contribution in [0.25, 0.3) is 11.4 Å². The topological polar surface area (TPSA) is 114 Å². The van der Waals surface area contributed by atoms with Crippen molar-refractivity contribution in [2.45, 2.75) is 31.5 Å². The van der Waals surface area contributed by atoms with Crippen molar-refractivity contribution in [3.8, 4) is 17.1 Å². The zero-order chi connectivity index (χ0) is 28.8. The number of hydrogen-bond acceptors (Lipinski definition) is 7. The molecule has 3 aliphatic heterocycles. The molecule has 2 fully saturated rings. The number of nitrogens with zero attached hydrogens (tertiary/aromatic N) is 6. The summed E-state index contributed by atoms with van der Waals surface area (Å²) < 4.78 is 54.5. The van der Waals surface area contributed by atoms with E-state index in [4.69, 9.17) is 9.47 Å². The van der Waals surface area contributed by atoms with Gasteiger partial charge < -0.3 is 19.7 Å². The molecule has 3 aliphatic rings. The number of likely N-dealkylation sites (tertiary alicyclic amines) is 1. The molecular weight excluding hydrogens is 543 g/mol. The largest absolute Gasteiger partial charge is 0.483 e. The van der Waals surface area contributed by atoms with Crippen molar-refractivity contribution in [3.63, 3.8) is 0 Å². The molecule has 11 nitrogen and oxygen atoms in total. The molecule has 6 rings (SSSR count). The summed E-state index contributed by atoms with van der Waals surface area (Å²) in [7, 11) is 1.64. The highest BCUT2D eigenvalue weighted by atomic mass is 19.1. The molecule has 1 atom stereocenters. The van der Waals surface area contributed by atoms with E-state index >= 15 is 0 Å². The maximum Gasteiger partial charge on any atom is 0.341 e. The molecule has 0 aliphatic carbocycles. The number of amides is 3. The quantitative estimate of drug-likeness (QED) is 0.489. The van der Waals surface area contributed by atoms with Gasteiger partial charge in [-0.3, -0.25) is 14.5 Å². The van der Waals surface area contributed by atoms with Crippen molar-refractivity contribution >= 4 is 18.2 Å². The summed E-state index contributed by atoms with van der Waals surface area (Å²) in [5.41, 5.74) is 1.97. The van der Waals surface area contributed by atoms with E-state index in [1.165, 1.54) is 39.0 Å². The SMILES string of the molecule is Cc1c(-c2cc(OC3CN(C(=O)N4N=CC[C@H]4c4cc(F)cc(F)c4)C3)c(F)cn2)nn(C)c1C(=O)NC1COC1. The van der Waals surface area contributed by atoms with Crippen LogP contribution in [0.1, 0.15) is 34.1 Å². The fourth-order valence-corrected chi connectivity index (χ4v) is 5.04. The number of hydrogen-bond donors (Lipinski definition) is 1. The third-order valence-electron chi connectivity index (χ3n) is 7.24. The molecule has 0 unspecified atom stereocenters. The Morgan fingerprint density at radius 2 is 1.83 bits per heavy atom. The molecule has 0 bridgehead atoms. The number of nitrogens with one attached hydrogen (secondary N) is 1. The molecule has 1 aromatic carbocycles. The van der Waals surface area contributed by atoms with E-state index in [9.17, 15) is 22.8 Å². The summed E-state index contributed by atoms with van der Waals surface area (Å²) >= 11 is 0. The van der Waals surface area contributed by atoms with Gasteiger partial charge in [0, 0.05) is 37.4 Å². The first-order valence-electron chi connectivity index (χ1n) is 13.0. The summed E-state index contributed by atoms with van der Waals surface area (Å²) in [5.74, 6) is -2.52. The summed E-state index contributed by atoms with van der Waals surface area (Å²) in [6.45, 7) is 2.97. The fraction of sp³-hybridized carbons (Fsp3) is 0.370. The van der Waals surface area contributed by atoms with Crippen molar-refractivity contribution in [1.82, 2.24) is 30.0 Å². The summed E-state index contributed by atoms with van der Waals surface area (Å²) in [5, 5.41) is 12.6. The minimum Gasteiger partial charge on any atom is -0.483 e.